The first kappa shape index (κ1) is 18.6. The SMILES string of the molecule is Cl.N=c1nc(N2CCC(NC(=O)c3ccccc3)CC2)cc(N)n1O. The average Bonchev–Trinajstić information content (AvgIpc) is 2.60. The second-order valence-corrected chi connectivity index (χ2v) is 5.78. The first-order valence-corrected chi connectivity index (χ1v) is 7.79. The molecule has 1 aromatic carbocycles. The molecule has 3 rings (SSSR count). The highest BCUT2D eigenvalue weighted by Gasteiger charge is 2.22. The summed E-state index contributed by atoms with van der Waals surface area (Å²) in [5, 5.41) is 20.1. The number of nitrogens with one attached hydrogen (secondary N) is 2. The van der Waals surface area contributed by atoms with Crippen molar-refractivity contribution in [1.82, 2.24) is 15.0 Å². The molecule has 0 bridgehead atoms. The lowest BCUT2D eigenvalue weighted by Crippen LogP contribution is -2.45. The quantitative estimate of drug-likeness (QED) is 0.605. The van der Waals surface area contributed by atoms with Gasteiger partial charge in [0.1, 0.15) is 11.6 Å². The van der Waals surface area contributed by atoms with Crippen molar-refractivity contribution in [3.8, 4) is 0 Å². The molecule has 1 amide bonds. The monoisotopic (exact) mass is 364 g/mol. The Bertz CT molecular complexity index is 787. The maximum Gasteiger partial charge on any atom is 0.259 e. The molecule has 25 heavy (non-hydrogen) atoms. The smallest absolute Gasteiger partial charge is 0.259 e. The first-order valence-electron chi connectivity index (χ1n) is 7.79. The number of nitrogens with two attached hydrogens (primary N) is 1. The van der Waals surface area contributed by atoms with Crippen LogP contribution in [0.2, 0.25) is 0 Å². The maximum absolute atomic E-state index is 12.2. The number of carbonyl (C=O) groups excluding carboxylic acids is 1. The van der Waals surface area contributed by atoms with Gasteiger partial charge in [0.15, 0.2) is 0 Å². The molecule has 2 aromatic rings. The minimum absolute atomic E-state index is 0. The van der Waals surface area contributed by atoms with Gasteiger partial charge in [-0.25, -0.2) is 0 Å². The highest BCUT2D eigenvalue weighted by atomic mass is 35.5. The van der Waals surface area contributed by atoms with Crippen molar-refractivity contribution in [1.29, 1.82) is 5.41 Å². The van der Waals surface area contributed by atoms with E-state index in [-0.39, 0.29) is 35.8 Å². The van der Waals surface area contributed by atoms with E-state index >= 15 is 0 Å². The number of nitrogen functional groups attached to an aromatic ring is 1. The molecule has 0 atom stereocenters. The van der Waals surface area contributed by atoms with E-state index in [4.69, 9.17) is 11.1 Å². The normalized spacial score (nSPS) is 14.6. The molecule has 1 aromatic heterocycles. The first-order chi connectivity index (χ1) is 11.5. The topological polar surface area (TPSA) is 120 Å². The molecule has 0 unspecified atom stereocenters. The van der Waals surface area contributed by atoms with Crippen LogP contribution in [0.4, 0.5) is 11.6 Å². The molecule has 1 aliphatic rings. The Balaban J connectivity index is 0.00000225. The number of carbonyl (C=O) groups is 1. The van der Waals surface area contributed by atoms with Crippen LogP contribution >= 0.6 is 12.4 Å². The zero-order valence-corrected chi connectivity index (χ0v) is 14.4. The van der Waals surface area contributed by atoms with E-state index < -0.39 is 0 Å². The number of aromatic nitrogens is 2. The molecule has 0 spiro atoms. The predicted molar refractivity (Wildman–Crippen MR) is 96.1 cm³/mol. The Morgan fingerprint density at radius 3 is 2.52 bits per heavy atom. The molecule has 0 radical (unpaired) electrons. The predicted octanol–water partition coefficient (Wildman–Crippen LogP) is 1.00. The van der Waals surface area contributed by atoms with Crippen LogP contribution in [0.25, 0.3) is 0 Å². The zero-order valence-electron chi connectivity index (χ0n) is 13.6. The fourth-order valence-corrected chi connectivity index (χ4v) is 2.78. The summed E-state index contributed by atoms with van der Waals surface area (Å²) in [4.78, 5) is 18.2. The number of anilines is 2. The summed E-state index contributed by atoms with van der Waals surface area (Å²) in [6.45, 7) is 1.39. The molecule has 1 fully saturated rings. The van der Waals surface area contributed by atoms with E-state index in [2.05, 4.69) is 10.3 Å². The van der Waals surface area contributed by atoms with Crippen LogP contribution in [-0.4, -0.2) is 40.0 Å². The van der Waals surface area contributed by atoms with Crippen molar-refractivity contribution >= 4 is 29.9 Å². The molecule has 9 heteroatoms. The van der Waals surface area contributed by atoms with E-state index in [0.29, 0.717) is 29.2 Å². The molecular weight excluding hydrogens is 344 g/mol. The zero-order chi connectivity index (χ0) is 17.1. The molecule has 8 nitrogen and oxygen atoms in total. The maximum atomic E-state index is 12.2. The minimum atomic E-state index is -0.301. The fraction of sp³-hybridized carbons (Fsp3) is 0.312. The van der Waals surface area contributed by atoms with E-state index in [9.17, 15) is 10.0 Å². The van der Waals surface area contributed by atoms with Gasteiger partial charge in [0, 0.05) is 30.8 Å². The molecule has 2 heterocycles. The lowest BCUT2D eigenvalue weighted by molar-refractivity contribution is 0.0931. The third kappa shape index (κ3) is 4.21. The number of rotatable bonds is 3. The highest BCUT2D eigenvalue weighted by molar-refractivity contribution is 5.94. The van der Waals surface area contributed by atoms with E-state index in [1.165, 1.54) is 0 Å². The Kier molecular flexibility index (Phi) is 5.87. The van der Waals surface area contributed by atoms with E-state index in [1.807, 2.05) is 23.1 Å². The van der Waals surface area contributed by atoms with Crippen molar-refractivity contribution in [3.63, 3.8) is 0 Å². The Morgan fingerprint density at radius 1 is 1.28 bits per heavy atom. The number of piperidine rings is 1. The third-order valence-corrected chi connectivity index (χ3v) is 4.13. The van der Waals surface area contributed by atoms with Crippen LogP contribution in [0.3, 0.4) is 0 Å². The largest absolute Gasteiger partial charge is 0.423 e. The molecule has 134 valence electrons. The van der Waals surface area contributed by atoms with Crippen LogP contribution in [0, 0.1) is 5.41 Å². The van der Waals surface area contributed by atoms with Gasteiger partial charge in [-0.1, -0.05) is 18.2 Å². The number of benzene rings is 1. The standard InChI is InChI=1S/C16H20N6O2.ClH/c17-13-10-14(20-16(18)22(13)24)21-8-6-12(7-9-21)19-15(23)11-4-2-1-3-5-11;/h1-5,10,12,18,24H,6-9,17H2,(H,19,23);1H. The van der Waals surface area contributed by atoms with Crippen LogP contribution < -0.4 is 21.6 Å². The summed E-state index contributed by atoms with van der Waals surface area (Å²) in [5.41, 5.74) is 6.01. The third-order valence-electron chi connectivity index (χ3n) is 4.13. The summed E-state index contributed by atoms with van der Waals surface area (Å²) in [6, 6.07) is 10.8. The van der Waals surface area contributed by atoms with Crippen molar-refractivity contribution in [2.24, 2.45) is 0 Å². The molecule has 0 saturated carbocycles. The lowest BCUT2D eigenvalue weighted by atomic mass is 10.0. The summed E-state index contributed by atoms with van der Waals surface area (Å²) in [6.07, 6.45) is 1.56. The van der Waals surface area contributed by atoms with E-state index in [0.717, 1.165) is 12.8 Å². The molecule has 0 aliphatic carbocycles. The second kappa shape index (κ2) is 7.89. The van der Waals surface area contributed by atoms with Crippen molar-refractivity contribution in [2.45, 2.75) is 18.9 Å². The van der Waals surface area contributed by atoms with Gasteiger partial charge in [0.05, 0.1) is 0 Å². The van der Waals surface area contributed by atoms with Gasteiger partial charge in [0.2, 0.25) is 0 Å². The minimum Gasteiger partial charge on any atom is -0.423 e. The number of nitrogens with zero attached hydrogens (tertiary/aromatic N) is 3. The summed E-state index contributed by atoms with van der Waals surface area (Å²) < 4.78 is 0.538. The van der Waals surface area contributed by atoms with Crippen molar-refractivity contribution in [3.05, 3.63) is 47.6 Å². The fourth-order valence-electron chi connectivity index (χ4n) is 2.78. The Hall–Kier alpha value is -2.74. The van der Waals surface area contributed by atoms with Crippen LogP contribution in [0.15, 0.2) is 36.4 Å². The van der Waals surface area contributed by atoms with Crippen molar-refractivity contribution in [2.75, 3.05) is 23.7 Å². The second-order valence-electron chi connectivity index (χ2n) is 5.78. The molecule has 5 N–H and O–H groups in total. The van der Waals surface area contributed by atoms with Gasteiger partial charge in [-0.15, -0.1) is 17.1 Å². The average molecular weight is 365 g/mol. The van der Waals surface area contributed by atoms with Gasteiger partial charge in [-0.2, -0.15) is 4.98 Å². The van der Waals surface area contributed by atoms with Crippen LogP contribution in [0.5, 0.6) is 0 Å². The molecule has 1 saturated heterocycles. The molecule has 1 aliphatic heterocycles. The van der Waals surface area contributed by atoms with Gasteiger partial charge >= 0.3 is 0 Å². The molecular formula is C16H21ClN6O2. The highest BCUT2D eigenvalue weighted by Crippen LogP contribution is 2.18. The van der Waals surface area contributed by atoms with Gasteiger partial charge in [-0.05, 0) is 25.0 Å². The van der Waals surface area contributed by atoms with E-state index in [1.54, 1.807) is 18.2 Å². The summed E-state index contributed by atoms with van der Waals surface area (Å²) in [7, 11) is 0. The number of hydrogen-bond acceptors (Lipinski definition) is 6. The number of halogens is 1. The lowest BCUT2D eigenvalue weighted by Gasteiger charge is -2.33. The van der Waals surface area contributed by atoms with Gasteiger partial charge < -0.3 is 21.2 Å². The van der Waals surface area contributed by atoms with Gasteiger partial charge in [0.25, 0.3) is 11.5 Å². The summed E-state index contributed by atoms with van der Waals surface area (Å²) >= 11 is 0. The van der Waals surface area contributed by atoms with Crippen molar-refractivity contribution < 1.29 is 10.0 Å². The Labute approximate surface area is 151 Å². The summed E-state index contributed by atoms with van der Waals surface area (Å²) in [5.74, 6) is 0.575. The van der Waals surface area contributed by atoms with Crippen LogP contribution in [-0.2, 0) is 0 Å². The number of hydrogen-bond donors (Lipinski definition) is 4. The van der Waals surface area contributed by atoms with Gasteiger partial charge in [-0.3, -0.25) is 10.2 Å². The number of amides is 1. The Morgan fingerprint density at radius 2 is 1.92 bits per heavy atom. The van der Waals surface area contributed by atoms with Crippen LogP contribution in [0.1, 0.15) is 23.2 Å².